The van der Waals surface area contributed by atoms with Crippen molar-refractivity contribution in [2.75, 3.05) is 5.73 Å². The molecular weight excluding hydrogens is 250 g/mol. The Bertz CT molecular complexity index is 806. The quantitative estimate of drug-likeness (QED) is 0.722. The number of ketones is 1. The number of hydrogen-bond acceptors (Lipinski definition) is 4. The molecular formula is C16H13N3O. The molecule has 3 aromatic rings. The van der Waals surface area contributed by atoms with E-state index in [1.165, 1.54) is 0 Å². The van der Waals surface area contributed by atoms with Gasteiger partial charge in [0.1, 0.15) is 11.5 Å². The molecule has 2 N–H and O–H groups in total. The van der Waals surface area contributed by atoms with Crippen LogP contribution in [0.3, 0.4) is 0 Å². The zero-order chi connectivity index (χ0) is 14.1. The number of carbonyl (C=O) groups is 1. The van der Waals surface area contributed by atoms with Gasteiger partial charge < -0.3 is 5.73 Å². The molecule has 0 amide bonds. The smallest absolute Gasteiger partial charge is 0.215 e. The van der Waals surface area contributed by atoms with Crippen LogP contribution in [-0.4, -0.2) is 15.8 Å². The third kappa shape index (κ3) is 2.01. The van der Waals surface area contributed by atoms with E-state index in [1.807, 2.05) is 37.3 Å². The van der Waals surface area contributed by atoms with Crippen LogP contribution in [0.25, 0.3) is 10.8 Å². The molecule has 0 aliphatic heterocycles. The number of aromatic nitrogens is 2. The van der Waals surface area contributed by atoms with Crippen LogP contribution < -0.4 is 5.73 Å². The van der Waals surface area contributed by atoms with Crippen LogP contribution in [0.2, 0.25) is 0 Å². The predicted octanol–water partition coefficient (Wildman–Crippen LogP) is 2.75. The first-order valence-corrected chi connectivity index (χ1v) is 6.27. The van der Waals surface area contributed by atoms with Crippen LogP contribution >= 0.6 is 0 Å². The number of benzene rings is 1. The molecule has 0 fully saturated rings. The van der Waals surface area contributed by atoms with E-state index >= 15 is 0 Å². The first kappa shape index (κ1) is 12.3. The van der Waals surface area contributed by atoms with Crippen molar-refractivity contribution >= 4 is 22.4 Å². The highest BCUT2D eigenvalue weighted by molar-refractivity contribution is 6.16. The Labute approximate surface area is 116 Å². The molecule has 0 unspecified atom stereocenters. The first-order chi connectivity index (χ1) is 9.66. The van der Waals surface area contributed by atoms with Crippen molar-refractivity contribution in [3.8, 4) is 0 Å². The number of rotatable bonds is 2. The summed E-state index contributed by atoms with van der Waals surface area (Å²) in [5.74, 6) is 0.0332. The van der Waals surface area contributed by atoms with Gasteiger partial charge in [-0.3, -0.25) is 9.78 Å². The van der Waals surface area contributed by atoms with E-state index in [-0.39, 0.29) is 11.6 Å². The van der Waals surface area contributed by atoms with Crippen molar-refractivity contribution in [1.82, 2.24) is 9.97 Å². The van der Waals surface area contributed by atoms with Gasteiger partial charge >= 0.3 is 0 Å². The summed E-state index contributed by atoms with van der Waals surface area (Å²) in [6.07, 6.45) is 3.28. The van der Waals surface area contributed by atoms with Gasteiger partial charge in [0.25, 0.3) is 0 Å². The highest BCUT2D eigenvalue weighted by Crippen LogP contribution is 2.21. The molecule has 20 heavy (non-hydrogen) atoms. The van der Waals surface area contributed by atoms with Gasteiger partial charge in [0.05, 0.1) is 5.56 Å². The second kappa shape index (κ2) is 4.74. The van der Waals surface area contributed by atoms with Gasteiger partial charge in [-0.15, -0.1) is 0 Å². The van der Waals surface area contributed by atoms with E-state index in [0.29, 0.717) is 11.3 Å². The van der Waals surface area contributed by atoms with Crippen molar-refractivity contribution in [2.45, 2.75) is 6.92 Å². The lowest BCUT2D eigenvalue weighted by Gasteiger charge is -2.07. The lowest BCUT2D eigenvalue weighted by atomic mass is 10.0. The topological polar surface area (TPSA) is 68.9 Å². The first-order valence-electron chi connectivity index (χ1n) is 6.27. The molecule has 0 spiro atoms. The van der Waals surface area contributed by atoms with Gasteiger partial charge in [0.15, 0.2) is 0 Å². The summed E-state index contributed by atoms with van der Waals surface area (Å²) >= 11 is 0. The summed E-state index contributed by atoms with van der Waals surface area (Å²) in [7, 11) is 0. The van der Waals surface area contributed by atoms with Crippen LogP contribution in [0.1, 0.15) is 21.6 Å². The van der Waals surface area contributed by atoms with E-state index in [0.717, 1.165) is 16.3 Å². The molecule has 0 saturated carbocycles. The van der Waals surface area contributed by atoms with Gasteiger partial charge in [-0.2, -0.15) is 0 Å². The molecule has 0 bridgehead atoms. The van der Waals surface area contributed by atoms with Gasteiger partial charge in [-0.25, -0.2) is 4.98 Å². The highest BCUT2D eigenvalue weighted by Gasteiger charge is 2.17. The highest BCUT2D eigenvalue weighted by atomic mass is 16.1. The Morgan fingerprint density at radius 3 is 2.80 bits per heavy atom. The van der Waals surface area contributed by atoms with Crippen molar-refractivity contribution in [3.63, 3.8) is 0 Å². The summed E-state index contributed by atoms with van der Waals surface area (Å²) in [5.41, 5.74) is 7.51. The average Bonchev–Trinajstić information content (AvgIpc) is 2.48. The van der Waals surface area contributed by atoms with Gasteiger partial charge in [-0.05, 0) is 30.0 Å². The lowest BCUT2D eigenvalue weighted by molar-refractivity contribution is 0.103. The van der Waals surface area contributed by atoms with Crippen LogP contribution in [-0.2, 0) is 0 Å². The maximum absolute atomic E-state index is 12.7. The van der Waals surface area contributed by atoms with Gasteiger partial charge in [-0.1, -0.05) is 24.3 Å². The van der Waals surface area contributed by atoms with E-state index < -0.39 is 0 Å². The fourth-order valence-corrected chi connectivity index (χ4v) is 2.19. The fourth-order valence-electron chi connectivity index (χ4n) is 2.19. The Morgan fingerprint density at radius 2 is 1.95 bits per heavy atom. The number of nitrogens with zero attached hydrogens (tertiary/aromatic N) is 2. The molecule has 2 aromatic heterocycles. The second-order valence-corrected chi connectivity index (χ2v) is 4.66. The molecule has 3 rings (SSSR count). The Hall–Kier alpha value is -2.75. The minimum absolute atomic E-state index is 0.199. The summed E-state index contributed by atoms with van der Waals surface area (Å²) in [6, 6.07) is 11.3. The monoisotopic (exact) mass is 263 g/mol. The van der Waals surface area contributed by atoms with Crippen LogP contribution in [0, 0.1) is 6.92 Å². The Morgan fingerprint density at radius 1 is 1.15 bits per heavy atom. The normalized spacial score (nSPS) is 10.7. The third-order valence-corrected chi connectivity index (χ3v) is 3.19. The Kier molecular flexibility index (Phi) is 2.91. The molecule has 4 heteroatoms. The molecule has 98 valence electrons. The number of hydrogen-bond donors (Lipinski definition) is 1. The zero-order valence-electron chi connectivity index (χ0n) is 11.0. The average molecular weight is 263 g/mol. The molecule has 2 heterocycles. The predicted molar refractivity (Wildman–Crippen MR) is 78.6 cm³/mol. The largest absolute Gasteiger partial charge is 0.383 e. The van der Waals surface area contributed by atoms with E-state index in [4.69, 9.17) is 5.73 Å². The number of fused-ring (bicyclic) bond motifs is 1. The third-order valence-electron chi connectivity index (χ3n) is 3.19. The number of nitrogens with two attached hydrogens (primary N) is 1. The number of aryl methyl sites for hydroxylation is 1. The summed E-state index contributed by atoms with van der Waals surface area (Å²) < 4.78 is 0. The summed E-state index contributed by atoms with van der Waals surface area (Å²) in [5, 5.41) is 1.80. The summed E-state index contributed by atoms with van der Waals surface area (Å²) in [4.78, 5) is 20.9. The number of pyridine rings is 2. The minimum atomic E-state index is -0.199. The van der Waals surface area contributed by atoms with Gasteiger partial charge in [0.2, 0.25) is 5.78 Å². The molecule has 4 nitrogen and oxygen atoms in total. The fraction of sp³-hybridized carbons (Fsp3) is 0.0625. The number of carbonyl (C=O) groups excluding carboxylic acids is 1. The van der Waals surface area contributed by atoms with E-state index in [1.54, 1.807) is 18.5 Å². The lowest BCUT2D eigenvalue weighted by Crippen LogP contribution is -2.09. The SMILES string of the molecule is Cc1cnc(N)c(C(=O)c2nccc3ccccc23)c1. The van der Waals surface area contributed by atoms with Crippen molar-refractivity contribution in [2.24, 2.45) is 0 Å². The van der Waals surface area contributed by atoms with E-state index in [9.17, 15) is 4.79 Å². The van der Waals surface area contributed by atoms with Crippen LogP contribution in [0.5, 0.6) is 0 Å². The van der Waals surface area contributed by atoms with Crippen molar-refractivity contribution in [1.29, 1.82) is 0 Å². The van der Waals surface area contributed by atoms with Crippen molar-refractivity contribution in [3.05, 3.63) is 65.6 Å². The molecule has 0 aliphatic rings. The summed E-state index contributed by atoms with van der Waals surface area (Å²) in [6.45, 7) is 1.87. The maximum atomic E-state index is 12.7. The number of nitrogen functional groups attached to an aromatic ring is 1. The van der Waals surface area contributed by atoms with Crippen LogP contribution in [0.4, 0.5) is 5.82 Å². The number of anilines is 1. The standard InChI is InChI=1S/C16H13N3O/c1-10-8-13(16(17)19-9-10)15(20)14-12-5-3-2-4-11(12)6-7-18-14/h2-9H,1H3,(H2,17,19). The van der Waals surface area contributed by atoms with Gasteiger partial charge in [0, 0.05) is 17.8 Å². The maximum Gasteiger partial charge on any atom is 0.215 e. The minimum Gasteiger partial charge on any atom is -0.383 e. The Balaban J connectivity index is 2.20. The molecule has 0 aliphatic carbocycles. The van der Waals surface area contributed by atoms with E-state index in [2.05, 4.69) is 9.97 Å². The molecule has 1 aromatic carbocycles. The molecule has 0 radical (unpaired) electrons. The van der Waals surface area contributed by atoms with Crippen LogP contribution in [0.15, 0.2) is 48.8 Å². The zero-order valence-corrected chi connectivity index (χ0v) is 11.0. The second-order valence-electron chi connectivity index (χ2n) is 4.66. The molecule has 0 saturated heterocycles. The molecule has 0 atom stereocenters. The van der Waals surface area contributed by atoms with Crippen molar-refractivity contribution < 1.29 is 4.79 Å².